The molecule has 3 nitrogen and oxygen atoms in total. The predicted octanol–water partition coefficient (Wildman–Crippen LogP) is 2.37. The molecule has 0 aromatic carbocycles. The van der Waals surface area contributed by atoms with Crippen molar-refractivity contribution in [3.8, 4) is 0 Å². The van der Waals surface area contributed by atoms with Crippen LogP contribution in [0.1, 0.15) is 4.88 Å². The molecule has 1 heterocycles. The van der Waals surface area contributed by atoms with Crippen LogP contribution in [-0.4, -0.2) is 31.5 Å². The van der Waals surface area contributed by atoms with Crippen LogP contribution >= 0.6 is 43.2 Å². The van der Waals surface area contributed by atoms with Gasteiger partial charge in [0.05, 0.1) is 23.6 Å². The Hall–Kier alpha value is 0.540. The molecule has 0 saturated heterocycles. The molecule has 0 aliphatic carbocycles. The molecule has 0 amide bonds. The Morgan fingerprint density at radius 2 is 2.20 bits per heavy atom. The second-order valence-corrected chi connectivity index (χ2v) is 6.16. The fourth-order valence-corrected chi connectivity index (χ4v) is 3.15. The van der Waals surface area contributed by atoms with Gasteiger partial charge in [0.1, 0.15) is 0 Å². The maximum absolute atomic E-state index is 8.48. The van der Waals surface area contributed by atoms with Crippen LogP contribution in [0, 0.1) is 0 Å². The molecule has 0 saturated carbocycles. The van der Waals surface area contributed by atoms with Gasteiger partial charge in [-0.25, -0.2) is 0 Å². The fraction of sp³-hybridized carbons (Fsp3) is 0.556. The highest BCUT2D eigenvalue weighted by molar-refractivity contribution is 9.13. The molecule has 1 rings (SSSR count). The molecule has 0 spiro atoms. The minimum atomic E-state index is 0.0881. The average Bonchev–Trinajstić information content (AvgIpc) is 2.52. The van der Waals surface area contributed by atoms with Crippen molar-refractivity contribution in [1.29, 1.82) is 0 Å². The summed E-state index contributed by atoms with van der Waals surface area (Å²) in [5.74, 6) is 0. The smallest absolute Gasteiger partial charge is 0.0843 e. The Morgan fingerprint density at radius 3 is 2.80 bits per heavy atom. The number of aliphatic hydroxyl groups excluding tert-OH is 1. The van der Waals surface area contributed by atoms with Crippen molar-refractivity contribution < 1.29 is 9.84 Å². The van der Waals surface area contributed by atoms with Gasteiger partial charge in [-0.1, -0.05) is 0 Å². The van der Waals surface area contributed by atoms with Crippen molar-refractivity contribution in [2.45, 2.75) is 6.54 Å². The minimum Gasteiger partial charge on any atom is -0.394 e. The number of nitrogens with one attached hydrogen (secondary N) is 1. The third-order valence-electron chi connectivity index (χ3n) is 1.65. The monoisotopic (exact) mass is 357 g/mol. The summed E-state index contributed by atoms with van der Waals surface area (Å²) in [5, 5.41) is 11.7. The largest absolute Gasteiger partial charge is 0.394 e. The zero-order valence-corrected chi connectivity index (χ0v) is 12.1. The van der Waals surface area contributed by atoms with E-state index in [1.54, 1.807) is 11.3 Å². The van der Waals surface area contributed by atoms with Gasteiger partial charge in [0.2, 0.25) is 0 Å². The van der Waals surface area contributed by atoms with E-state index in [9.17, 15) is 0 Å². The third-order valence-corrected chi connectivity index (χ3v) is 4.91. The number of rotatable bonds is 7. The zero-order chi connectivity index (χ0) is 11.1. The molecule has 0 bridgehead atoms. The number of ether oxygens (including phenoxy) is 1. The Labute approximate surface area is 110 Å². The Balaban J connectivity index is 2.10. The first kappa shape index (κ1) is 13.6. The molecule has 1 aromatic rings. The van der Waals surface area contributed by atoms with Gasteiger partial charge in [-0.2, -0.15) is 0 Å². The highest BCUT2D eigenvalue weighted by atomic mass is 79.9. The van der Waals surface area contributed by atoms with Crippen molar-refractivity contribution >= 4 is 43.2 Å². The molecule has 0 fully saturated rings. The first-order valence-electron chi connectivity index (χ1n) is 4.57. The summed E-state index contributed by atoms with van der Waals surface area (Å²) in [4.78, 5) is 1.27. The fourth-order valence-electron chi connectivity index (χ4n) is 1.00. The number of hydrogen-bond donors (Lipinski definition) is 2. The molecule has 2 N–H and O–H groups in total. The predicted molar refractivity (Wildman–Crippen MR) is 69.3 cm³/mol. The maximum atomic E-state index is 8.48. The zero-order valence-electron chi connectivity index (χ0n) is 8.13. The van der Waals surface area contributed by atoms with Crippen molar-refractivity contribution in [2.75, 3.05) is 26.4 Å². The second-order valence-electron chi connectivity index (χ2n) is 2.85. The van der Waals surface area contributed by atoms with E-state index in [-0.39, 0.29) is 6.61 Å². The summed E-state index contributed by atoms with van der Waals surface area (Å²) >= 11 is 8.60. The van der Waals surface area contributed by atoms with Crippen LogP contribution in [-0.2, 0) is 11.3 Å². The summed E-state index contributed by atoms with van der Waals surface area (Å²) in [6.07, 6.45) is 0. The third kappa shape index (κ3) is 5.42. The molecular formula is C9H13Br2NO2S. The van der Waals surface area contributed by atoms with Crippen molar-refractivity contribution in [3.63, 3.8) is 0 Å². The second kappa shape index (κ2) is 7.76. The van der Waals surface area contributed by atoms with E-state index >= 15 is 0 Å². The molecular weight excluding hydrogens is 346 g/mol. The van der Waals surface area contributed by atoms with Crippen LogP contribution < -0.4 is 5.32 Å². The normalized spacial score (nSPS) is 10.9. The SMILES string of the molecule is OCCOCCNCc1cc(Br)c(Br)s1. The summed E-state index contributed by atoms with van der Waals surface area (Å²) in [6.45, 7) is 2.78. The highest BCUT2D eigenvalue weighted by Crippen LogP contribution is 2.32. The lowest BCUT2D eigenvalue weighted by molar-refractivity contribution is 0.0938. The Bertz CT molecular complexity index is 274. The molecule has 0 radical (unpaired) electrons. The van der Waals surface area contributed by atoms with E-state index in [1.165, 1.54) is 4.88 Å². The molecule has 15 heavy (non-hydrogen) atoms. The number of thiophene rings is 1. The van der Waals surface area contributed by atoms with E-state index in [4.69, 9.17) is 9.84 Å². The molecule has 0 aliphatic rings. The van der Waals surface area contributed by atoms with E-state index in [0.29, 0.717) is 13.2 Å². The Morgan fingerprint density at radius 1 is 1.40 bits per heavy atom. The van der Waals surface area contributed by atoms with Gasteiger partial charge in [-0.15, -0.1) is 11.3 Å². The van der Waals surface area contributed by atoms with Gasteiger partial charge < -0.3 is 15.2 Å². The van der Waals surface area contributed by atoms with Crippen LogP contribution in [0.25, 0.3) is 0 Å². The number of hydrogen-bond acceptors (Lipinski definition) is 4. The van der Waals surface area contributed by atoms with E-state index < -0.39 is 0 Å². The van der Waals surface area contributed by atoms with Crippen LogP contribution in [0.3, 0.4) is 0 Å². The lowest BCUT2D eigenvalue weighted by atomic mass is 10.4. The van der Waals surface area contributed by atoms with Gasteiger partial charge in [-0.3, -0.25) is 0 Å². The lowest BCUT2D eigenvalue weighted by Crippen LogP contribution is -2.19. The number of aliphatic hydroxyl groups is 1. The summed E-state index contributed by atoms with van der Waals surface area (Å²) in [6, 6.07) is 2.09. The summed E-state index contributed by atoms with van der Waals surface area (Å²) in [7, 11) is 0. The molecule has 6 heteroatoms. The Kier molecular flexibility index (Phi) is 7.03. The quantitative estimate of drug-likeness (QED) is 0.735. The first-order valence-corrected chi connectivity index (χ1v) is 6.97. The lowest BCUT2D eigenvalue weighted by Gasteiger charge is -2.03. The summed E-state index contributed by atoms with van der Waals surface area (Å²) < 4.78 is 7.34. The van der Waals surface area contributed by atoms with Gasteiger partial charge in [0.15, 0.2) is 0 Å². The molecule has 0 unspecified atom stereocenters. The standard InChI is InChI=1S/C9H13Br2NO2S/c10-8-5-7(15-9(8)11)6-12-1-3-14-4-2-13/h5,12-13H,1-4,6H2. The number of halogens is 2. The molecule has 1 aromatic heterocycles. The molecule has 0 aliphatic heterocycles. The highest BCUT2D eigenvalue weighted by Gasteiger charge is 2.02. The van der Waals surface area contributed by atoms with Gasteiger partial charge in [-0.05, 0) is 37.9 Å². The molecule has 86 valence electrons. The van der Waals surface area contributed by atoms with Gasteiger partial charge in [0, 0.05) is 22.4 Å². The topological polar surface area (TPSA) is 41.5 Å². The van der Waals surface area contributed by atoms with Crippen LogP contribution in [0.15, 0.2) is 14.3 Å². The van der Waals surface area contributed by atoms with Gasteiger partial charge in [0.25, 0.3) is 0 Å². The van der Waals surface area contributed by atoms with Crippen molar-refractivity contribution in [2.24, 2.45) is 0 Å². The van der Waals surface area contributed by atoms with E-state index in [1.807, 2.05) is 0 Å². The first-order chi connectivity index (χ1) is 7.24. The van der Waals surface area contributed by atoms with Crippen LogP contribution in [0.4, 0.5) is 0 Å². The molecule has 0 atom stereocenters. The maximum Gasteiger partial charge on any atom is 0.0843 e. The van der Waals surface area contributed by atoms with Crippen LogP contribution in [0.2, 0.25) is 0 Å². The van der Waals surface area contributed by atoms with Crippen molar-refractivity contribution in [1.82, 2.24) is 5.32 Å². The minimum absolute atomic E-state index is 0.0881. The summed E-state index contributed by atoms with van der Waals surface area (Å²) in [5.41, 5.74) is 0. The average molecular weight is 359 g/mol. The van der Waals surface area contributed by atoms with E-state index in [2.05, 4.69) is 43.2 Å². The van der Waals surface area contributed by atoms with E-state index in [0.717, 1.165) is 21.3 Å². The van der Waals surface area contributed by atoms with Gasteiger partial charge >= 0.3 is 0 Å². The van der Waals surface area contributed by atoms with Crippen molar-refractivity contribution in [3.05, 3.63) is 19.2 Å². The van der Waals surface area contributed by atoms with Crippen LogP contribution in [0.5, 0.6) is 0 Å².